The average Bonchev–Trinajstić information content (AvgIpc) is 2.49. The first-order valence-corrected chi connectivity index (χ1v) is 7.96. The number of carbonyl (C=O) groups excluding carboxylic acids is 1. The summed E-state index contributed by atoms with van der Waals surface area (Å²) >= 11 is 0. The van der Waals surface area contributed by atoms with Crippen LogP contribution in [-0.2, 0) is 4.74 Å². The van der Waals surface area contributed by atoms with E-state index in [-0.39, 0.29) is 36.8 Å². The monoisotopic (exact) mass is 377 g/mol. The molecule has 1 saturated heterocycles. The van der Waals surface area contributed by atoms with E-state index in [2.05, 4.69) is 4.90 Å². The number of rotatable bonds is 5. The van der Waals surface area contributed by atoms with E-state index in [1.54, 1.807) is 6.07 Å². The first-order chi connectivity index (χ1) is 10.5. The number of nitrogen functional groups attached to an aromatic ring is 1. The molecule has 0 aliphatic carbocycles. The largest absolute Gasteiger partial charge is 0.399 e. The zero-order chi connectivity index (χ0) is 16.1. The average molecular weight is 378 g/mol. The van der Waals surface area contributed by atoms with E-state index in [9.17, 15) is 4.79 Å². The summed E-state index contributed by atoms with van der Waals surface area (Å²) in [5, 5.41) is 0. The predicted molar refractivity (Wildman–Crippen MR) is 104 cm³/mol. The molecule has 24 heavy (non-hydrogen) atoms. The van der Waals surface area contributed by atoms with Gasteiger partial charge in [0.2, 0.25) is 0 Å². The number of piperazine rings is 1. The highest BCUT2D eigenvalue weighted by Gasteiger charge is 2.23. The molecule has 1 aromatic carbocycles. The van der Waals surface area contributed by atoms with Gasteiger partial charge in [-0.1, -0.05) is 6.07 Å². The zero-order valence-electron chi connectivity index (χ0n) is 14.7. The van der Waals surface area contributed by atoms with Crippen molar-refractivity contribution in [2.45, 2.75) is 26.9 Å². The van der Waals surface area contributed by atoms with Crippen molar-refractivity contribution in [3.05, 3.63) is 29.3 Å². The molecule has 0 spiro atoms. The number of nitrogens with zero attached hydrogens (tertiary/aromatic N) is 2. The zero-order valence-corrected chi connectivity index (χ0v) is 16.3. The summed E-state index contributed by atoms with van der Waals surface area (Å²) in [5.41, 5.74) is 8.14. The van der Waals surface area contributed by atoms with Crippen molar-refractivity contribution in [1.29, 1.82) is 0 Å². The van der Waals surface area contributed by atoms with Crippen LogP contribution in [0, 0.1) is 6.92 Å². The lowest BCUT2D eigenvalue weighted by Gasteiger charge is -2.35. The van der Waals surface area contributed by atoms with Gasteiger partial charge in [0.25, 0.3) is 5.91 Å². The molecule has 0 saturated carbocycles. The third-order valence-corrected chi connectivity index (χ3v) is 4.01. The lowest BCUT2D eigenvalue weighted by Crippen LogP contribution is -2.49. The third kappa shape index (κ3) is 6.48. The highest BCUT2D eigenvalue weighted by atomic mass is 35.5. The van der Waals surface area contributed by atoms with Crippen LogP contribution in [0.25, 0.3) is 0 Å². The van der Waals surface area contributed by atoms with E-state index in [1.807, 2.05) is 37.8 Å². The van der Waals surface area contributed by atoms with Gasteiger partial charge in [0.1, 0.15) is 0 Å². The van der Waals surface area contributed by atoms with Gasteiger partial charge in [-0.3, -0.25) is 9.69 Å². The number of hydrogen-bond acceptors (Lipinski definition) is 4. The van der Waals surface area contributed by atoms with Crippen LogP contribution in [0.5, 0.6) is 0 Å². The number of hydrogen-bond donors (Lipinski definition) is 1. The number of halogens is 2. The van der Waals surface area contributed by atoms with Gasteiger partial charge in [-0.25, -0.2) is 0 Å². The molecule has 1 amide bonds. The summed E-state index contributed by atoms with van der Waals surface area (Å²) in [4.78, 5) is 16.9. The number of amides is 1. The second-order valence-corrected chi connectivity index (χ2v) is 6.13. The van der Waals surface area contributed by atoms with Gasteiger partial charge in [-0.15, -0.1) is 24.8 Å². The van der Waals surface area contributed by atoms with Crippen molar-refractivity contribution in [2.75, 3.05) is 45.1 Å². The van der Waals surface area contributed by atoms with E-state index in [4.69, 9.17) is 10.5 Å². The van der Waals surface area contributed by atoms with Crippen LogP contribution >= 0.6 is 24.8 Å². The lowest BCUT2D eigenvalue weighted by atomic mass is 10.1. The fourth-order valence-electron chi connectivity index (χ4n) is 2.63. The smallest absolute Gasteiger partial charge is 0.254 e. The number of anilines is 1. The maximum absolute atomic E-state index is 12.6. The summed E-state index contributed by atoms with van der Waals surface area (Å²) in [5.74, 6) is 0.0860. The number of nitrogens with two attached hydrogens (primary N) is 1. The van der Waals surface area contributed by atoms with Crippen LogP contribution in [0.1, 0.15) is 29.8 Å². The van der Waals surface area contributed by atoms with Crippen molar-refractivity contribution in [3.63, 3.8) is 0 Å². The van der Waals surface area contributed by atoms with Crippen LogP contribution in [0.15, 0.2) is 18.2 Å². The highest BCUT2D eigenvalue weighted by Crippen LogP contribution is 2.16. The van der Waals surface area contributed by atoms with Gasteiger partial charge in [0.15, 0.2) is 0 Å². The maximum atomic E-state index is 12.6. The van der Waals surface area contributed by atoms with Gasteiger partial charge in [0.05, 0.1) is 12.7 Å². The van der Waals surface area contributed by atoms with Crippen LogP contribution in [0.3, 0.4) is 0 Å². The van der Waals surface area contributed by atoms with Crippen LogP contribution in [0.2, 0.25) is 0 Å². The Balaban J connectivity index is 0.00000264. The van der Waals surface area contributed by atoms with Gasteiger partial charge < -0.3 is 15.4 Å². The number of ether oxygens (including phenoxy) is 1. The van der Waals surface area contributed by atoms with Crippen molar-refractivity contribution >= 4 is 36.4 Å². The molecule has 0 unspecified atom stereocenters. The first-order valence-electron chi connectivity index (χ1n) is 7.96. The molecule has 0 aromatic heterocycles. The molecule has 2 rings (SSSR count). The minimum Gasteiger partial charge on any atom is -0.399 e. The summed E-state index contributed by atoms with van der Waals surface area (Å²) in [6, 6.07) is 5.52. The second-order valence-electron chi connectivity index (χ2n) is 6.13. The van der Waals surface area contributed by atoms with E-state index in [0.29, 0.717) is 5.69 Å². The van der Waals surface area contributed by atoms with Crippen molar-refractivity contribution in [2.24, 2.45) is 0 Å². The molecule has 1 aliphatic rings. The maximum Gasteiger partial charge on any atom is 0.254 e. The van der Waals surface area contributed by atoms with E-state index < -0.39 is 0 Å². The molecule has 0 bridgehead atoms. The Morgan fingerprint density at radius 3 is 2.42 bits per heavy atom. The van der Waals surface area contributed by atoms with Crippen LogP contribution in [-0.4, -0.2) is 61.1 Å². The summed E-state index contributed by atoms with van der Waals surface area (Å²) in [6.45, 7) is 11.0. The topological polar surface area (TPSA) is 58.8 Å². The summed E-state index contributed by atoms with van der Waals surface area (Å²) in [7, 11) is 0. The Morgan fingerprint density at radius 1 is 1.21 bits per heavy atom. The number of aryl methyl sites for hydroxylation is 1. The molecule has 7 heteroatoms. The molecular weight excluding hydrogens is 349 g/mol. The van der Waals surface area contributed by atoms with Gasteiger partial charge in [-0.2, -0.15) is 0 Å². The molecule has 5 nitrogen and oxygen atoms in total. The third-order valence-electron chi connectivity index (χ3n) is 4.01. The standard InChI is InChI=1S/C17H27N3O2.2ClH/c1-13(2)22-11-10-19-6-8-20(9-7-19)17(21)16-12-15(18)5-4-14(16)3;;/h4-5,12-13H,6-11,18H2,1-3H3;2*1H. The van der Waals surface area contributed by atoms with Crippen LogP contribution in [0.4, 0.5) is 5.69 Å². The first kappa shape index (κ1) is 23.0. The lowest BCUT2D eigenvalue weighted by molar-refractivity contribution is 0.0406. The minimum absolute atomic E-state index is 0. The quantitative estimate of drug-likeness (QED) is 0.801. The SMILES string of the molecule is Cc1ccc(N)cc1C(=O)N1CCN(CCOC(C)C)CC1.Cl.Cl. The van der Waals surface area contributed by atoms with Gasteiger partial charge >= 0.3 is 0 Å². The second kappa shape index (κ2) is 10.8. The summed E-state index contributed by atoms with van der Waals surface area (Å²) in [6.07, 6.45) is 0.273. The van der Waals surface area contributed by atoms with Gasteiger partial charge in [-0.05, 0) is 38.5 Å². The highest BCUT2D eigenvalue weighted by molar-refractivity contribution is 5.96. The Bertz CT molecular complexity index is 519. The molecular formula is C17H29Cl2N3O2. The Hall–Kier alpha value is -1.01. The van der Waals surface area contributed by atoms with Crippen molar-refractivity contribution in [3.8, 4) is 0 Å². The molecule has 138 valence electrons. The van der Waals surface area contributed by atoms with Gasteiger partial charge in [0, 0.05) is 44.0 Å². The van der Waals surface area contributed by atoms with E-state index in [1.165, 1.54) is 0 Å². The normalized spacial score (nSPS) is 14.9. The Morgan fingerprint density at radius 2 is 1.83 bits per heavy atom. The molecule has 2 N–H and O–H groups in total. The fraction of sp³-hybridized carbons (Fsp3) is 0.588. The van der Waals surface area contributed by atoms with Crippen molar-refractivity contribution < 1.29 is 9.53 Å². The minimum atomic E-state index is 0. The van der Waals surface area contributed by atoms with E-state index >= 15 is 0 Å². The van der Waals surface area contributed by atoms with E-state index in [0.717, 1.165) is 50.5 Å². The summed E-state index contributed by atoms with van der Waals surface area (Å²) < 4.78 is 5.58. The Kier molecular flexibility index (Phi) is 10.3. The molecule has 0 atom stereocenters. The fourth-order valence-corrected chi connectivity index (χ4v) is 2.63. The molecule has 1 aromatic rings. The molecule has 0 radical (unpaired) electrons. The number of benzene rings is 1. The molecule has 1 heterocycles. The number of carbonyl (C=O) groups is 1. The van der Waals surface area contributed by atoms with Crippen LogP contribution < -0.4 is 5.73 Å². The predicted octanol–water partition coefficient (Wildman–Crippen LogP) is 2.60. The Labute approximate surface area is 157 Å². The molecule has 1 aliphatic heterocycles. The van der Waals surface area contributed by atoms with Crippen molar-refractivity contribution in [1.82, 2.24) is 9.80 Å². The molecule has 1 fully saturated rings.